The number of halogens is 5. The summed E-state index contributed by atoms with van der Waals surface area (Å²) >= 11 is 5.85. The van der Waals surface area contributed by atoms with Crippen LogP contribution in [0, 0.1) is 11.7 Å². The molecule has 0 radical (unpaired) electrons. The monoisotopic (exact) mass is 486 g/mol. The number of H-pyrrole nitrogens is 1. The van der Waals surface area contributed by atoms with Crippen molar-refractivity contribution in [2.45, 2.75) is 37.6 Å². The van der Waals surface area contributed by atoms with Crippen molar-refractivity contribution in [1.82, 2.24) is 15.0 Å². The topological polar surface area (TPSA) is 103 Å². The van der Waals surface area contributed by atoms with Gasteiger partial charge in [0.2, 0.25) is 0 Å². The molecule has 3 aromatic rings. The lowest BCUT2D eigenvalue weighted by Gasteiger charge is -2.32. The van der Waals surface area contributed by atoms with E-state index in [1.807, 2.05) is 0 Å². The Bertz CT molecular complexity index is 1250. The van der Waals surface area contributed by atoms with Crippen molar-refractivity contribution in [3.05, 3.63) is 52.3 Å². The molecule has 7 nitrogen and oxygen atoms in total. The summed E-state index contributed by atoms with van der Waals surface area (Å²) in [6.45, 7) is 2.30. The lowest BCUT2D eigenvalue weighted by atomic mass is 9.77. The van der Waals surface area contributed by atoms with E-state index in [0.29, 0.717) is 5.52 Å². The molecule has 0 bridgehead atoms. The van der Waals surface area contributed by atoms with E-state index in [2.05, 4.69) is 15.0 Å². The molecule has 0 aliphatic carbocycles. The number of primary amides is 1. The van der Waals surface area contributed by atoms with Crippen molar-refractivity contribution in [3.8, 4) is 5.75 Å². The van der Waals surface area contributed by atoms with Gasteiger partial charge in [-0.3, -0.25) is 4.79 Å². The van der Waals surface area contributed by atoms with E-state index in [1.165, 1.54) is 38.4 Å². The van der Waals surface area contributed by atoms with Gasteiger partial charge in [0.05, 0.1) is 17.6 Å². The van der Waals surface area contributed by atoms with Crippen LogP contribution < -0.4 is 10.5 Å². The molecule has 2 aromatic heterocycles. The number of benzene rings is 1. The van der Waals surface area contributed by atoms with Crippen molar-refractivity contribution in [2.75, 3.05) is 7.11 Å². The molecule has 0 saturated carbocycles. The number of nitrogens with one attached hydrogen (secondary N) is 1. The van der Waals surface area contributed by atoms with Crippen LogP contribution in [-0.2, 0) is 4.74 Å². The summed E-state index contributed by atoms with van der Waals surface area (Å²) in [7, 11) is 1.20. The van der Waals surface area contributed by atoms with Crippen LogP contribution >= 0.6 is 11.6 Å². The third-order valence-corrected chi connectivity index (χ3v) is 6.53. The number of aromatic amines is 1. The lowest BCUT2D eigenvalue weighted by molar-refractivity contribution is -0.275. The highest BCUT2D eigenvalue weighted by molar-refractivity contribution is 6.30. The van der Waals surface area contributed by atoms with E-state index in [0.717, 1.165) is 6.92 Å². The van der Waals surface area contributed by atoms with Gasteiger partial charge >= 0.3 is 6.18 Å². The molecule has 1 fully saturated rings. The molecule has 4 rings (SSSR count). The number of nitrogens with zero attached hydrogens (tertiary/aromatic N) is 2. The number of amides is 1. The van der Waals surface area contributed by atoms with Gasteiger partial charge in [0, 0.05) is 23.6 Å². The number of carbonyl (C=O) groups is 1. The second-order valence-corrected chi connectivity index (χ2v) is 8.39. The zero-order valence-electron chi connectivity index (χ0n) is 17.6. The number of nitrogens with two attached hydrogens (primary N) is 1. The van der Waals surface area contributed by atoms with Crippen molar-refractivity contribution < 1.29 is 31.8 Å². The third kappa shape index (κ3) is 3.50. The zero-order chi connectivity index (χ0) is 24.3. The molecule has 1 aliphatic heterocycles. The Hall–Kier alpha value is -2.92. The van der Waals surface area contributed by atoms with E-state index in [4.69, 9.17) is 26.8 Å². The predicted octanol–water partition coefficient (Wildman–Crippen LogP) is 4.67. The Labute approximate surface area is 190 Å². The van der Waals surface area contributed by atoms with Gasteiger partial charge in [0.25, 0.3) is 5.91 Å². The molecule has 33 heavy (non-hydrogen) atoms. The number of alkyl halides is 3. The number of ether oxygens (including phenoxy) is 2. The van der Waals surface area contributed by atoms with Gasteiger partial charge in [0.15, 0.2) is 22.9 Å². The summed E-state index contributed by atoms with van der Waals surface area (Å²) in [5.41, 5.74) is 3.17. The van der Waals surface area contributed by atoms with Crippen LogP contribution in [0.3, 0.4) is 0 Å². The number of methoxy groups -OCH3 is 1. The first-order valence-corrected chi connectivity index (χ1v) is 10.2. The molecule has 0 spiro atoms. The predicted molar refractivity (Wildman–Crippen MR) is 111 cm³/mol. The van der Waals surface area contributed by atoms with E-state index < -0.39 is 41.4 Å². The maximum atomic E-state index is 14.7. The Morgan fingerprint density at radius 3 is 2.64 bits per heavy atom. The molecule has 3 heterocycles. The SMILES string of the molecule is COc1c(C2C(C)[C@](C)(C(F)(F)F)O[C@H]2c2nc3c(C(N)=O)nccc3[nH]2)ccc(Cl)c1F. The van der Waals surface area contributed by atoms with Crippen molar-refractivity contribution >= 4 is 28.5 Å². The normalized spacial score (nSPS) is 25.5. The van der Waals surface area contributed by atoms with E-state index >= 15 is 0 Å². The zero-order valence-corrected chi connectivity index (χ0v) is 18.4. The summed E-state index contributed by atoms with van der Waals surface area (Å²) in [6.07, 6.45) is -4.73. The van der Waals surface area contributed by atoms with Crippen LogP contribution in [0.5, 0.6) is 5.75 Å². The fraction of sp³-hybridized carbons (Fsp3) is 0.381. The van der Waals surface area contributed by atoms with Crippen molar-refractivity contribution in [3.63, 3.8) is 0 Å². The van der Waals surface area contributed by atoms with Gasteiger partial charge in [-0.05, 0) is 19.1 Å². The van der Waals surface area contributed by atoms with E-state index in [-0.39, 0.29) is 33.4 Å². The number of aromatic nitrogens is 3. The van der Waals surface area contributed by atoms with Gasteiger partial charge < -0.3 is 20.2 Å². The number of carbonyl (C=O) groups excluding carboxylic acids is 1. The van der Waals surface area contributed by atoms with Crippen molar-refractivity contribution in [1.29, 1.82) is 0 Å². The van der Waals surface area contributed by atoms with E-state index in [1.54, 1.807) is 0 Å². The molecule has 2 unspecified atom stereocenters. The fourth-order valence-corrected chi connectivity index (χ4v) is 4.47. The standard InChI is InChI=1S/C21H19ClF4N4O3/c1-8-12(9-4-5-10(22)13(23)16(9)32-3)17(33-20(8,2)21(24,25)26)19-29-11-6-7-28-15(18(27)31)14(11)30-19/h4-8,12,17H,1-3H3,(H2,27,31)(H,29,30)/t8?,12?,17-,20-/m1/s1. The molecule has 12 heteroatoms. The summed E-state index contributed by atoms with van der Waals surface area (Å²) in [5, 5.41) is -0.238. The molecule has 1 aliphatic rings. The van der Waals surface area contributed by atoms with Crippen LogP contribution in [0.1, 0.15) is 47.7 Å². The average Bonchev–Trinajstić information content (AvgIpc) is 3.29. The van der Waals surface area contributed by atoms with Gasteiger partial charge in [0.1, 0.15) is 17.4 Å². The highest BCUT2D eigenvalue weighted by Crippen LogP contribution is 2.59. The van der Waals surface area contributed by atoms with Gasteiger partial charge in [-0.1, -0.05) is 24.6 Å². The quantitative estimate of drug-likeness (QED) is 0.522. The molecule has 4 atom stereocenters. The largest absolute Gasteiger partial charge is 0.493 e. The first-order valence-electron chi connectivity index (χ1n) is 9.81. The second kappa shape index (κ2) is 7.84. The fourth-order valence-electron chi connectivity index (χ4n) is 4.32. The van der Waals surface area contributed by atoms with Crippen molar-refractivity contribution in [2.24, 2.45) is 11.7 Å². The Balaban J connectivity index is 1.94. The summed E-state index contributed by atoms with van der Waals surface area (Å²) in [6, 6.07) is 4.15. The number of fused-ring (bicyclic) bond motifs is 1. The minimum atomic E-state index is -4.75. The first-order chi connectivity index (χ1) is 15.4. The Kier molecular flexibility index (Phi) is 5.52. The van der Waals surface area contributed by atoms with E-state index in [9.17, 15) is 22.4 Å². The minimum Gasteiger partial charge on any atom is -0.493 e. The average molecular weight is 487 g/mol. The summed E-state index contributed by atoms with van der Waals surface area (Å²) < 4.78 is 67.8. The highest BCUT2D eigenvalue weighted by atomic mass is 35.5. The molecule has 1 amide bonds. The van der Waals surface area contributed by atoms with Crippen LogP contribution in [-0.4, -0.2) is 39.7 Å². The first kappa shape index (κ1) is 23.2. The maximum absolute atomic E-state index is 14.7. The Morgan fingerprint density at radius 1 is 1.33 bits per heavy atom. The summed E-state index contributed by atoms with van der Waals surface area (Å²) in [5.74, 6) is -4.24. The smallest absolute Gasteiger partial charge is 0.417 e. The summed E-state index contributed by atoms with van der Waals surface area (Å²) in [4.78, 5) is 22.8. The third-order valence-electron chi connectivity index (χ3n) is 6.23. The lowest BCUT2D eigenvalue weighted by Crippen LogP contribution is -2.46. The van der Waals surface area contributed by atoms with Gasteiger partial charge in [-0.25, -0.2) is 14.4 Å². The maximum Gasteiger partial charge on any atom is 0.417 e. The van der Waals surface area contributed by atoms with Gasteiger partial charge in [-0.2, -0.15) is 13.2 Å². The molecule has 3 N–H and O–H groups in total. The molecule has 176 valence electrons. The minimum absolute atomic E-state index is 0.00253. The molecular weight excluding hydrogens is 468 g/mol. The van der Waals surface area contributed by atoms with Gasteiger partial charge in [-0.15, -0.1) is 0 Å². The number of hydrogen-bond acceptors (Lipinski definition) is 5. The Morgan fingerprint density at radius 2 is 2.03 bits per heavy atom. The highest BCUT2D eigenvalue weighted by Gasteiger charge is 2.65. The van der Waals surface area contributed by atoms with Crippen LogP contribution in [0.15, 0.2) is 24.4 Å². The second-order valence-electron chi connectivity index (χ2n) is 7.98. The van der Waals surface area contributed by atoms with Crippen LogP contribution in [0.2, 0.25) is 5.02 Å². The molecule has 1 aromatic carbocycles. The van der Waals surface area contributed by atoms with Crippen LogP contribution in [0.4, 0.5) is 17.6 Å². The number of pyridine rings is 1. The number of rotatable bonds is 4. The molecule has 1 saturated heterocycles. The van der Waals surface area contributed by atoms with Crippen LogP contribution in [0.25, 0.3) is 11.0 Å². The number of imidazole rings is 1. The molecular formula is C21H19ClF4N4O3. The number of hydrogen-bond donors (Lipinski definition) is 2.